The van der Waals surface area contributed by atoms with Crippen LogP contribution in [-0.4, -0.2) is 13.7 Å². The molecule has 0 spiro atoms. The minimum atomic E-state index is -3.36. The summed E-state index contributed by atoms with van der Waals surface area (Å²) in [6.07, 6.45) is 0. The standard InChI is InChI=1S/C16H19NO2S.CH4/c1-14(2)20(18,19)17(16-11-7-4-8-12-16)13-15-9-5-3-6-10-15;/h3-12,14H,13H2,1-2H3;1H4. The van der Waals surface area contributed by atoms with Crippen molar-refractivity contribution in [1.29, 1.82) is 0 Å². The van der Waals surface area contributed by atoms with E-state index < -0.39 is 15.3 Å². The van der Waals surface area contributed by atoms with Crippen LogP contribution in [0.3, 0.4) is 0 Å². The zero-order valence-corrected chi connectivity index (χ0v) is 12.5. The van der Waals surface area contributed by atoms with Gasteiger partial charge in [-0.15, -0.1) is 0 Å². The molecule has 21 heavy (non-hydrogen) atoms. The summed E-state index contributed by atoms with van der Waals surface area (Å²) >= 11 is 0. The van der Waals surface area contributed by atoms with E-state index in [1.54, 1.807) is 13.8 Å². The van der Waals surface area contributed by atoms with Gasteiger partial charge in [0.25, 0.3) is 0 Å². The van der Waals surface area contributed by atoms with E-state index in [1.807, 2.05) is 60.7 Å². The molecule has 0 aliphatic rings. The molecule has 0 unspecified atom stereocenters. The second-order valence-corrected chi connectivity index (χ2v) is 7.34. The van der Waals surface area contributed by atoms with Crippen LogP contribution in [0, 0.1) is 0 Å². The van der Waals surface area contributed by atoms with Crippen molar-refractivity contribution in [2.75, 3.05) is 4.31 Å². The number of hydrogen-bond acceptors (Lipinski definition) is 2. The molecule has 2 aromatic rings. The Morgan fingerprint density at radius 2 is 1.38 bits per heavy atom. The lowest BCUT2D eigenvalue weighted by atomic mass is 10.2. The van der Waals surface area contributed by atoms with Crippen LogP contribution in [0.15, 0.2) is 60.7 Å². The predicted octanol–water partition coefficient (Wildman–Crippen LogP) is 4.07. The number of anilines is 1. The molecule has 2 rings (SSSR count). The molecule has 3 nitrogen and oxygen atoms in total. The Labute approximate surface area is 128 Å². The van der Waals surface area contributed by atoms with Crippen LogP contribution in [0.25, 0.3) is 0 Å². The predicted molar refractivity (Wildman–Crippen MR) is 89.9 cm³/mol. The monoisotopic (exact) mass is 305 g/mol. The van der Waals surface area contributed by atoms with E-state index in [0.717, 1.165) is 5.56 Å². The van der Waals surface area contributed by atoms with Gasteiger partial charge in [-0.3, -0.25) is 4.31 Å². The summed E-state index contributed by atoms with van der Waals surface area (Å²) in [5.41, 5.74) is 1.67. The van der Waals surface area contributed by atoms with Gasteiger partial charge < -0.3 is 0 Å². The third kappa shape index (κ3) is 4.08. The average Bonchev–Trinajstić information content (AvgIpc) is 2.46. The lowest BCUT2D eigenvalue weighted by Crippen LogP contribution is -2.35. The number of hydrogen-bond donors (Lipinski definition) is 0. The van der Waals surface area contributed by atoms with Gasteiger partial charge in [0.1, 0.15) is 0 Å². The van der Waals surface area contributed by atoms with Gasteiger partial charge in [-0.2, -0.15) is 0 Å². The molecule has 0 atom stereocenters. The quantitative estimate of drug-likeness (QED) is 0.835. The lowest BCUT2D eigenvalue weighted by Gasteiger charge is -2.26. The Kier molecular flexibility index (Phi) is 5.97. The highest BCUT2D eigenvalue weighted by molar-refractivity contribution is 7.93. The molecule has 0 aliphatic carbocycles. The molecule has 0 saturated heterocycles. The molecule has 2 aromatic carbocycles. The number of nitrogens with zero attached hydrogens (tertiary/aromatic N) is 1. The zero-order chi connectivity index (χ0) is 14.6. The molecule has 0 heterocycles. The Morgan fingerprint density at radius 3 is 1.86 bits per heavy atom. The van der Waals surface area contributed by atoms with Gasteiger partial charge in [0.05, 0.1) is 17.5 Å². The van der Waals surface area contributed by atoms with Gasteiger partial charge >= 0.3 is 0 Å². The fourth-order valence-electron chi connectivity index (χ4n) is 1.93. The largest absolute Gasteiger partial charge is 0.266 e. The van der Waals surface area contributed by atoms with Gasteiger partial charge in [-0.05, 0) is 31.5 Å². The summed E-state index contributed by atoms with van der Waals surface area (Å²) in [6, 6.07) is 18.9. The molecule has 4 heteroatoms. The molecular formula is C17H23NO2S. The van der Waals surface area contributed by atoms with Crippen molar-refractivity contribution in [3.63, 3.8) is 0 Å². The summed E-state index contributed by atoms with van der Waals surface area (Å²) in [7, 11) is -3.36. The summed E-state index contributed by atoms with van der Waals surface area (Å²) < 4.78 is 26.6. The van der Waals surface area contributed by atoms with Crippen molar-refractivity contribution in [3.05, 3.63) is 66.2 Å². The van der Waals surface area contributed by atoms with Crippen molar-refractivity contribution in [3.8, 4) is 0 Å². The van der Waals surface area contributed by atoms with E-state index in [2.05, 4.69) is 0 Å². The summed E-state index contributed by atoms with van der Waals surface area (Å²) in [4.78, 5) is 0. The van der Waals surface area contributed by atoms with Crippen molar-refractivity contribution in [2.45, 2.75) is 33.1 Å². The van der Waals surface area contributed by atoms with E-state index in [0.29, 0.717) is 12.2 Å². The second kappa shape index (κ2) is 7.27. The van der Waals surface area contributed by atoms with Crippen LogP contribution < -0.4 is 4.31 Å². The Balaban J connectivity index is 0.00000220. The minimum Gasteiger partial charge on any atom is -0.266 e. The topological polar surface area (TPSA) is 37.4 Å². The van der Waals surface area contributed by atoms with Crippen LogP contribution in [0.5, 0.6) is 0 Å². The third-order valence-corrected chi connectivity index (χ3v) is 5.26. The fourth-order valence-corrected chi connectivity index (χ4v) is 3.18. The highest BCUT2D eigenvalue weighted by atomic mass is 32.2. The maximum atomic E-state index is 12.6. The molecule has 0 fully saturated rings. The van der Waals surface area contributed by atoms with Gasteiger partial charge in [0, 0.05) is 0 Å². The van der Waals surface area contributed by atoms with Gasteiger partial charge in [0.15, 0.2) is 0 Å². The van der Waals surface area contributed by atoms with E-state index >= 15 is 0 Å². The number of para-hydroxylation sites is 1. The van der Waals surface area contributed by atoms with E-state index in [9.17, 15) is 8.42 Å². The maximum absolute atomic E-state index is 12.6. The van der Waals surface area contributed by atoms with Crippen LogP contribution in [0.2, 0.25) is 0 Å². The molecule has 0 radical (unpaired) electrons. The lowest BCUT2D eigenvalue weighted by molar-refractivity contribution is 0.581. The molecular weight excluding hydrogens is 282 g/mol. The molecule has 0 saturated carbocycles. The fraction of sp³-hybridized carbons (Fsp3) is 0.294. The van der Waals surface area contributed by atoms with Crippen molar-refractivity contribution in [1.82, 2.24) is 0 Å². The average molecular weight is 305 g/mol. The Bertz CT molecular complexity index is 637. The molecule has 0 N–H and O–H groups in total. The first-order valence-electron chi connectivity index (χ1n) is 6.62. The van der Waals surface area contributed by atoms with Gasteiger partial charge in [-0.1, -0.05) is 56.0 Å². The smallest absolute Gasteiger partial charge is 0.237 e. The Morgan fingerprint density at radius 1 is 0.905 bits per heavy atom. The molecule has 114 valence electrons. The summed E-state index contributed by atoms with van der Waals surface area (Å²) in [5, 5.41) is -0.452. The van der Waals surface area contributed by atoms with Crippen molar-refractivity contribution < 1.29 is 8.42 Å². The number of rotatable bonds is 5. The first kappa shape index (κ1) is 17.2. The second-order valence-electron chi connectivity index (χ2n) is 4.92. The summed E-state index contributed by atoms with van der Waals surface area (Å²) in [6.45, 7) is 3.76. The van der Waals surface area contributed by atoms with Crippen LogP contribution in [0.1, 0.15) is 26.8 Å². The van der Waals surface area contributed by atoms with Gasteiger partial charge in [-0.25, -0.2) is 8.42 Å². The van der Waals surface area contributed by atoms with Crippen LogP contribution in [0.4, 0.5) is 5.69 Å². The maximum Gasteiger partial charge on any atom is 0.237 e. The number of benzene rings is 2. The third-order valence-electron chi connectivity index (χ3n) is 3.12. The first-order chi connectivity index (χ1) is 9.51. The SMILES string of the molecule is C.CC(C)S(=O)(=O)N(Cc1ccccc1)c1ccccc1. The number of sulfonamides is 1. The minimum absolute atomic E-state index is 0. The molecule has 0 aliphatic heterocycles. The first-order valence-corrected chi connectivity index (χ1v) is 8.12. The van der Waals surface area contributed by atoms with Crippen LogP contribution in [-0.2, 0) is 16.6 Å². The van der Waals surface area contributed by atoms with E-state index in [-0.39, 0.29) is 7.43 Å². The normalized spacial score (nSPS) is 11.0. The molecule has 0 bridgehead atoms. The van der Waals surface area contributed by atoms with E-state index in [4.69, 9.17) is 0 Å². The van der Waals surface area contributed by atoms with Crippen LogP contribution >= 0.6 is 0 Å². The van der Waals surface area contributed by atoms with E-state index in [1.165, 1.54) is 4.31 Å². The summed E-state index contributed by atoms with van der Waals surface area (Å²) in [5.74, 6) is 0. The van der Waals surface area contributed by atoms with Gasteiger partial charge in [0.2, 0.25) is 10.0 Å². The van der Waals surface area contributed by atoms with Crippen molar-refractivity contribution in [2.24, 2.45) is 0 Å². The zero-order valence-electron chi connectivity index (χ0n) is 11.7. The van der Waals surface area contributed by atoms with Crippen molar-refractivity contribution >= 4 is 15.7 Å². The Hall–Kier alpha value is -1.81. The highest BCUT2D eigenvalue weighted by Crippen LogP contribution is 2.23. The molecule has 0 aromatic heterocycles. The molecule has 0 amide bonds. The highest BCUT2D eigenvalue weighted by Gasteiger charge is 2.26.